The molecule has 1 saturated heterocycles. The molecule has 4 rings (SSSR count). The number of nitrogens with zero attached hydrogens (tertiary/aromatic N) is 2. The molecule has 3 N–H and O–H groups in total. The molecule has 0 bridgehead atoms. The lowest BCUT2D eigenvalue weighted by Crippen LogP contribution is -2.90. The first-order chi connectivity index (χ1) is 11.0. The summed E-state index contributed by atoms with van der Waals surface area (Å²) in [4.78, 5) is 2.96. The third-order valence-electron chi connectivity index (χ3n) is 5.78. The maximum absolute atomic E-state index is 10.1. The van der Waals surface area contributed by atoms with Crippen LogP contribution in [0, 0.1) is 38.9 Å². The van der Waals surface area contributed by atoms with Crippen molar-refractivity contribution in [2.75, 3.05) is 13.2 Å². The largest absolute Gasteiger partial charge is 0.343 e. The molecular weight excluding hydrogens is 292 g/mol. The first kappa shape index (κ1) is 14.2. The van der Waals surface area contributed by atoms with Crippen LogP contribution in [-0.4, -0.2) is 25.0 Å². The van der Waals surface area contributed by atoms with Gasteiger partial charge in [0, 0.05) is 5.41 Å². The molecule has 0 aromatic heterocycles. The summed E-state index contributed by atoms with van der Waals surface area (Å²) in [6, 6.07) is 14.5. The van der Waals surface area contributed by atoms with Crippen molar-refractivity contribution in [1.29, 1.82) is 10.5 Å². The highest BCUT2D eigenvalue weighted by Gasteiger charge is 3.02. The Balaban J connectivity index is 1.88. The lowest BCUT2D eigenvalue weighted by atomic mass is 9.85. The molecule has 2 fully saturated rings. The molecule has 6 heteroatoms. The van der Waals surface area contributed by atoms with Crippen molar-refractivity contribution in [3.8, 4) is 12.1 Å². The van der Waals surface area contributed by atoms with Crippen LogP contribution in [-0.2, 0) is 15.9 Å². The fraction of sp³-hybridized carbons (Fsp3) is 0.471. The molecule has 1 aromatic carbocycles. The Labute approximate surface area is 134 Å². The number of fused-ring (bicyclic) bond motifs is 2. The maximum Gasteiger partial charge on any atom is 0.343 e. The fourth-order valence-electron chi connectivity index (χ4n) is 4.78. The van der Waals surface area contributed by atoms with Gasteiger partial charge in [0.1, 0.15) is 0 Å². The predicted molar refractivity (Wildman–Crippen MR) is 79.1 cm³/mol. The number of nitrogens with two attached hydrogens (primary N) is 1. The third-order valence-corrected chi connectivity index (χ3v) is 5.78. The first-order valence-electron chi connectivity index (χ1n) is 7.59. The van der Waals surface area contributed by atoms with Crippen LogP contribution in [0.4, 0.5) is 0 Å². The molecule has 116 valence electrons. The van der Waals surface area contributed by atoms with Crippen LogP contribution >= 0.6 is 0 Å². The highest BCUT2D eigenvalue weighted by molar-refractivity contribution is 5.95. The van der Waals surface area contributed by atoms with Gasteiger partial charge in [-0.15, -0.1) is 0 Å². The zero-order valence-electron chi connectivity index (χ0n) is 12.8. The van der Waals surface area contributed by atoms with Gasteiger partial charge in [0.15, 0.2) is 10.8 Å². The Morgan fingerprint density at radius 1 is 1.17 bits per heavy atom. The van der Waals surface area contributed by atoms with Gasteiger partial charge in [-0.1, -0.05) is 37.3 Å². The number of ether oxygens (including phenoxy) is 2. The van der Waals surface area contributed by atoms with E-state index in [2.05, 4.69) is 17.1 Å². The van der Waals surface area contributed by atoms with E-state index in [-0.39, 0.29) is 5.84 Å². The zero-order chi connectivity index (χ0) is 16.3. The molecule has 2 aliphatic heterocycles. The van der Waals surface area contributed by atoms with Gasteiger partial charge in [-0.05, 0) is 12.0 Å². The summed E-state index contributed by atoms with van der Waals surface area (Å²) in [5.74, 6) is -1.06. The number of amidine groups is 1. The normalized spacial score (nSPS) is 39.3. The third kappa shape index (κ3) is 1.22. The molecule has 1 aromatic rings. The molecule has 3 aliphatic rings. The average molecular weight is 309 g/mol. The lowest BCUT2D eigenvalue weighted by Gasteiger charge is -2.27. The van der Waals surface area contributed by atoms with Gasteiger partial charge in [-0.25, -0.2) is 4.99 Å². The van der Waals surface area contributed by atoms with Gasteiger partial charge < -0.3 is 9.47 Å². The molecule has 0 radical (unpaired) electrons. The van der Waals surface area contributed by atoms with Crippen molar-refractivity contribution in [2.24, 2.45) is 22.0 Å². The van der Waals surface area contributed by atoms with Gasteiger partial charge >= 0.3 is 5.91 Å². The van der Waals surface area contributed by atoms with Gasteiger partial charge in [0.05, 0.1) is 25.4 Å². The van der Waals surface area contributed by atoms with Crippen LogP contribution in [0.2, 0.25) is 0 Å². The number of benzene rings is 1. The second-order valence-corrected chi connectivity index (χ2v) is 6.57. The van der Waals surface area contributed by atoms with Crippen molar-refractivity contribution < 1.29 is 14.5 Å². The molecule has 3 atom stereocenters. The lowest BCUT2D eigenvalue weighted by molar-refractivity contribution is -0.678. The Kier molecular flexibility index (Phi) is 2.54. The van der Waals surface area contributed by atoms with Gasteiger partial charge in [0.2, 0.25) is 0 Å². The second-order valence-electron chi connectivity index (χ2n) is 6.57. The Hall–Kier alpha value is -2.41. The molecular formula is C17H17N4O2+. The number of nitrogens with one attached hydrogen (secondary N) is 1. The predicted octanol–water partition coefficient (Wildman–Crippen LogP) is -0.579. The summed E-state index contributed by atoms with van der Waals surface area (Å²) in [6.45, 7) is 2.66. The Morgan fingerprint density at radius 2 is 1.83 bits per heavy atom. The standard InChI is InChI=1S/C17H16N4O2/c1-14(9-12-5-3-2-4-6-12)15(10-18)13(20)21-17(16(14,15)11-19)22-7-8-23-17/h2-6H,7-9H2,1H3,(H2,20,21)/p+1/t14-,15-,16+/m0/s1. The number of rotatable bonds is 2. The zero-order valence-corrected chi connectivity index (χ0v) is 12.8. The monoisotopic (exact) mass is 309 g/mol. The summed E-state index contributed by atoms with van der Waals surface area (Å²) in [5, 5.41) is 20.0. The summed E-state index contributed by atoms with van der Waals surface area (Å²) in [6.07, 6.45) is 0.547. The number of nitriles is 2. The van der Waals surface area contributed by atoms with Crippen LogP contribution in [0.3, 0.4) is 0 Å². The number of hydrogen-bond donors (Lipinski definition) is 2. The van der Waals surface area contributed by atoms with Crippen molar-refractivity contribution in [3.63, 3.8) is 0 Å². The van der Waals surface area contributed by atoms with Crippen LogP contribution in [0.25, 0.3) is 0 Å². The maximum atomic E-state index is 10.1. The van der Waals surface area contributed by atoms with E-state index in [9.17, 15) is 10.5 Å². The fourth-order valence-corrected chi connectivity index (χ4v) is 4.78. The van der Waals surface area contributed by atoms with E-state index in [0.29, 0.717) is 19.6 Å². The first-order valence-corrected chi connectivity index (χ1v) is 7.59. The SMILES string of the molecule is C[C@]1(Cc2ccccc2)[C@]2(C#N)C(N)=[NH+]C3(OCCO3)[C@]12C#N. The van der Waals surface area contributed by atoms with E-state index in [4.69, 9.17) is 15.2 Å². The highest BCUT2D eigenvalue weighted by Crippen LogP contribution is 2.83. The smallest absolute Gasteiger partial charge is 0.311 e. The number of hydrogen-bond acceptors (Lipinski definition) is 5. The Bertz CT molecular complexity index is 787. The van der Waals surface area contributed by atoms with E-state index >= 15 is 0 Å². The molecule has 1 aliphatic carbocycles. The van der Waals surface area contributed by atoms with Crippen molar-refractivity contribution in [3.05, 3.63) is 35.9 Å². The Morgan fingerprint density at radius 3 is 2.39 bits per heavy atom. The second kappa shape index (κ2) is 4.11. The summed E-state index contributed by atoms with van der Waals surface area (Å²) in [5.41, 5.74) is 4.24. The van der Waals surface area contributed by atoms with E-state index in [0.717, 1.165) is 5.56 Å². The van der Waals surface area contributed by atoms with Crippen LogP contribution in [0.1, 0.15) is 12.5 Å². The minimum absolute atomic E-state index is 0.266. The van der Waals surface area contributed by atoms with E-state index in [1.165, 1.54) is 0 Å². The molecule has 2 heterocycles. The quantitative estimate of drug-likeness (QED) is 0.760. The molecule has 1 saturated carbocycles. The summed E-state index contributed by atoms with van der Waals surface area (Å²) < 4.78 is 11.5. The summed E-state index contributed by atoms with van der Waals surface area (Å²) in [7, 11) is 0. The van der Waals surface area contributed by atoms with Gasteiger partial charge in [0.25, 0.3) is 5.84 Å². The van der Waals surface area contributed by atoms with Gasteiger partial charge in [-0.2, -0.15) is 10.5 Å². The highest BCUT2D eigenvalue weighted by atomic mass is 16.8. The topological polar surface area (TPSA) is 106 Å². The van der Waals surface area contributed by atoms with Gasteiger partial charge in [-0.3, -0.25) is 5.73 Å². The molecule has 0 amide bonds. The van der Waals surface area contributed by atoms with E-state index in [1.54, 1.807) is 0 Å². The van der Waals surface area contributed by atoms with Crippen LogP contribution in [0.15, 0.2) is 30.3 Å². The van der Waals surface area contributed by atoms with Crippen molar-refractivity contribution >= 4 is 5.84 Å². The van der Waals surface area contributed by atoms with Crippen LogP contribution < -0.4 is 10.7 Å². The molecule has 23 heavy (non-hydrogen) atoms. The van der Waals surface area contributed by atoms with Crippen molar-refractivity contribution in [2.45, 2.75) is 19.3 Å². The minimum Gasteiger partial charge on any atom is -0.311 e. The molecule has 1 spiro atoms. The minimum atomic E-state index is -1.33. The van der Waals surface area contributed by atoms with Crippen molar-refractivity contribution in [1.82, 2.24) is 0 Å². The van der Waals surface area contributed by atoms with E-state index < -0.39 is 22.2 Å². The summed E-state index contributed by atoms with van der Waals surface area (Å²) >= 11 is 0. The molecule has 6 nitrogen and oxygen atoms in total. The van der Waals surface area contributed by atoms with E-state index in [1.807, 2.05) is 37.3 Å². The molecule has 0 unspecified atom stereocenters. The average Bonchev–Trinajstić information content (AvgIpc) is 2.86. The van der Waals surface area contributed by atoms with Crippen LogP contribution in [0.5, 0.6) is 0 Å².